The molecular formula is C19H22N4O2. The molecule has 0 aliphatic carbocycles. The molecule has 3 rings (SSSR count). The number of hydrogen-bond acceptors (Lipinski definition) is 3. The Bertz CT molecular complexity index is 795. The van der Waals surface area contributed by atoms with Crippen LogP contribution in [0.4, 0.5) is 0 Å². The number of amides is 2. The first-order chi connectivity index (χ1) is 12.0. The van der Waals surface area contributed by atoms with Crippen LogP contribution < -0.4 is 5.32 Å². The van der Waals surface area contributed by atoms with Gasteiger partial charge in [0.15, 0.2) is 0 Å². The third kappa shape index (κ3) is 3.96. The topological polar surface area (TPSA) is 67.2 Å². The van der Waals surface area contributed by atoms with Gasteiger partial charge in [0.1, 0.15) is 11.5 Å². The van der Waals surface area contributed by atoms with Crippen molar-refractivity contribution >= 4 is 17.9 Å². The maximum Gasteiger partial charge on any atom is 0.270 e. The minimum atomic E-state index is -0.254. The molecule has 2 aromatic rings. The highest BCUT2D eigenvalue weighted by Crippen LogP contribution is 2.26. The van der Waals surface area contributed by atoms with E-state index in [4.69, 9.17) is 0 Å². The van der Waals surface area contributed by atoms with Crippen molar-refractivity contribution in [3.63, 3.8) is 0 Å². The Labute approximate surface area is 147 Å². The van der Waals surface area contributed by atoms with Gasteiger partial charge < -0.3 is 14.8 Å². The Balaban J connectivity index is 1.78. The lowest BCUT2D eigenvalue weighted by molar-refractivity contribution is -0.128. The fourth-order valence-electron chi connectivity index (χ4n) is 3.15. The summed E-state index contributed by atoms with van der Waals surface area (Å²) in [7, 11) is 1.96. The van der Waals surface area contributed by atoms with E-state index in [1.807, 2.05) is 48.1 Å². The van der Waals surface area contributed by atoms with Crippen LogP contribution in [0.15, 0.2) is 48.4 Å². The lowest BCUT2D eigenvalue weighted by Gasteiger charge is -2.19. The number of nitrogens with one attached hydrogen (secondary N) is 1. The van der Waals surface area contributed by atoms with E-state index in [0.29, 0.717) is 18.8 Å². The summed E-state index contributed by atoms with van der Waals surface area (Å²) >= 11 is 0. The molecule has 1 aromatic carbocycles. The first-order valence-electron chi connectivity index (χ1n) is 8.35. The first kappa shape index (κ1) is 17.0. The van der Waals surface area contributed by atoms with Crippen LogP contribution in [0.25, 0.3) is 6.08 Å². The van der Waals surface area contributed by atoms with E-state index in [1.165, 1.54) is 6.92 Å². The van der Waals surface area contributed by atoms with Crippen LogP contribution in [0.2, 0.25) is 0 Å². The number of benzene rings is 1. The molecule has 0 bridgehead atoms. The van der Waals surface area contributed by atoms with Crippen molar-refractivity contribution in [2.24, 2.45) is 7.05 Å². The highest BCUT2D eigenvalue weighted by atomic mass is 16.2. The summed E-state index contributed by atoms with van der Waals surface area (Å²) in [6, 6.07) is 9.50. The Morgan fingerprint density at radius 3 is 2.68 bits per heavy atom. The molecule has 2 heterocycles. The van der Waals surface area contributed by atoms with Crippen LogP contribution in [-0.4, -0.2) is 39.4 Å². The molecule has 0 radical (unpaired) electrons. The molecule has 1 saturated heterocycles. The highest BCUT2D eigenvalue weighted by Gasteiger charge is 2.31. The molecule has 1 aromatic heterocycles. The number of imidazole rings is 1. The number of aromatic nitrogens is 2. The van der Waals surface area contributed by atoms with Gasteiger partial charge in [-0.15, -0.1) is 0 Å². The van der Waals surface area contributed by atoms with Crippen molar-refractivity contribution in [3.8, 4) is 0 Å². The summed E-state index contributed by atoms with van der Waals surface area (Å²) in [6.07, 6.45) is 6.28. The van der Waals surface area contributed by atoms with Gasteiger partial charge in [-0.05, 0) is 18.1 Å². The molecule has 25 heavy (non-hydrogen) atoms. The summed E-state index contributed by atoms with van der Waals surface area (Å²) in [5.74, 6) is 0.800. The predicted molar refractivity (Wildman–Crippen MR) is 95.4 cm³/mol. The Morgan fingerprint density at radius 1 is 1.28 bits per heavy atom. The SMILES string of the molecule is CC(=O)N/C(=C\c1ccccc1)C(=O)N1CCC(c2nccn2C)C1. The van der Waals surface area contributed by atoms with Gasteiger partial charge in [-0.25, -0.2) is 4.98 Å². The average Bonchev–Trinajstić information content (AvgIpc) is 3.23. The monoisotopic (exact) mass is 338 g/mol. The molecule has 1 fully saturated rings. The standard InChI is InChI=1S/C19H22N4O2/c1-14(24)21-17(12-15-6-4-3-5-7-15)19(25)23-10-8-16(13-23)18-20-9-11-22(18)2/h3-7,9,11-12,16H,8,10,13H2,1-2H3,(H,21,24)/b17-12-. The molecule has 2 amide bonds. The van der Waals surface area contributed by atoms with E-state index >= 15 is 0 Å². The molecule has 1 aliphatic heterocycles. The summed E-state index contributed by atoms with van der Waals surface area (Å²) in [5, 5.41) is 2.68. The van der Waals surface area contributed by atoms with Crippen molar-refractivity contribution in [3.05, 3.63) is 59.8 Å². The van der Waals surface area contributed by atoms with Crippen LogP contribution in [-0.2, 0) is 16.6 Å². The maximum absolute atomic E-state index is 12.9. The number of likely N-dealkylation sites (tertiary alicyclic amines) is 1. The first-order valence-corrected chi connectivity index (χ1v) is 8.35. The van der Waals surface area contributed by atoms with E-state index in [2.05, 4.69) is 10.3 Å². The minimum Gasteiger partial charge on any atom is -0.338 e. The Kier molecular flexibility index (Phi) is 4.97. The van der Waals surface area contributed by atoms with Gasteiger partial charge >= 0.3 is 0 Å². The highest BCUT2D eigenvalue weighted by molar-refractivity contribution is 6.01. The zero-order chi connectivity index (χ0) is 17.8. The number of carbonyl (C=O) groups is 2. The normalized spacial score (nSPS) is 17.6. The predicted octanol–water partition coefficient (Wildman–Crippen LogP) is 1.91. The Hall–Kier alpha value is -2.89. The largest absolute Gasteiger partial charge is 0.338 e. The van der Waals surface area contributed by atoms with Crippen molar-refractivity contribution < 1.29 is 9.59 Å². The van der Waals surface area contributed by atoms with Crippen molar-refractivity contribution in [1.29, 1.82) is 0 Å². The van der Waals surface area contributed by atoms with Crippen LogP contribution in [0.1, 0.15) is 30.7 Å². The fraction of sp³-hybridized carbons (Fsp3) is 0.316. The van der Waals surface area contributed by atoms with Gasteiger partial charge in [-0.1, -0.05) is 30.3 Å². The molecule has 1 aliphatic rings. The summed E-state index contributed by atoms with van der Waals surface area (Å²) in [6.45, 7) is 2.67. The molecular weight excluding hydrogens is 316 g/mol. The second kappa shape index (κ2) is 7.34. The van der Waals surface area contributed by atoms with E-state index in [-0.39, 0.29) is 17.7 Å². The molecule has 1 unspecified atom stereocenters. The van der Waals surface area contributed by atoms with Gasteiger partial charge in [0, 0.05) is 45.4 Å². The number of hydrogen-bond donors (Lipinski definition) is 1. The second-order valence-corrected chi connectivity index (χ2v) is 6.28. The number of aryl methyl sites for hydroxylation is 1. The van der Waals surface area contributed by atoms with Crippen LogP contribution >= 0.6 is 0 Å². The lowest BCUT2D eigenvalue weighted by atomic mass is 10.1. The van der Waals surface area contributed by atoms with E-state index in [1.54, 1.807) is 17.2 Å². The molecule has 1 atom stereocenters. The quantitative estimate of drug-likeness (QED) is 0.866. The third-order valence-electron chi connectivity index (χ3n) is 4.35. The number of nitrogens with zero attached hydrogens (tertiary/aromatic N) is 3. The summed E-state index contributed by atoms with van der Waals surface area (Å²) in [5.41, 5.74) is 1.18. The molecule has 130 valence electrons. The maximum atomic E-state index is 12.9. The molecule has 0 spiro atoms. The molecule has 0 saturated carbocycles. The van der Waals surface area contributed by atoms with Gasteiger partial charge in [0.2, 0.25) is 5.91 Å². The minimum absolute atomic E-state index is 0.157. The van der Waals surface area contributed by atoms with Crippen LogP contribution in [0.5, 0.6) is 0 Å². The zero-order valence-corrected chi connectivity index (χ0v) is 14.5. The van der Waals surface area contributed by atoms with Gasteiger partial charge in [0.05, 0.1) is 0 Å². The molecule has 6 heteroatoms. The van der Waals surface area contributed by atoms with Gasteiger partial charge in [-0.2, -0.15) is 0 Å². The van der Waals surface area contributed by atoms with Crippen molar-refractivity contribution in [2.45, 2.75) is 19.3 Å². The number of rotatable bonds is 4. The number of carbonyl (C=O) groups excluding carboxylic acids is 2. The van der Waals surface area contributed by atoms with E-state index < -0.39 is 0 Å². The summed E-state index contributed by atoms with van der Waals surface area (Å²) in [4.78, 5) is 30.6. The van der Waals surface area contributed by atoms with Crippen molar-refractivity contribution in [1.82, 2.24) is 19.8 Å². The average molecular weight is 338 g/mol. The van der Waals surface area contributed by atoms with Gasteiger partial charge in [0.25, 0.3) is 5.91 Å². The third-order valence-corrected chi connectivity index (χ3v) is 4.35. The second-order valence-electron chi connectivity index (χ2n) is 6.28. The smallest absolute Gasteiger partial charge is 0.270 e. The van der Waals surface area contributed by atoms with E-state index in [0.717, 1.165) is 17.8 Å². The molecule has 6 nitrogen and oxygen atoms in total. The summed E-state index contributed by atoms with van der Waals surface area (Å²) < 4.78 is 1.99. The lowest BCUT2D eigenvalue weighted by Crippen LogP contribution is -2.36. The van der Waals surface area contributed by atoms with Crippen LogP contribution in [0, 0.1) is 0 Å². The van der Waals surface area contributed by atoms with E-state index in [9.17, 15) is 9.59 Å². The fourth-order valence-corrected chi connectivity index (χ4v) is 3.15. The Morgan fingerprint density at radius 2 is 2.04 bits per heavy atom. The zero-order valence-electron chi connectivity index (χ0n) is 14.5. The molecule has 1 N–H and O–H groups in total. The van der Waals surface area contributed by atoms with Crippen LogP contribution in [0.3, 0.4) is 0 Å². The van der Waals surface area contributed by atoms with Crippen molar-refractivity contribution in [2.75, 3.05) is 13.1 Å². The van der Waals surface area contributed by atoms with Gasteiger partial charge in [-0.3, -0.25) is 9.59 Å².